The van der Waals surface area contributed by atoms with Crippen LogP contribution in [0.2, 0.25) is 0 Å². The largest absolute Gasteiger partial charge is 0.383 e. The second kappa shape index (κ2) is 19.3. The molecule has 0 bridgehead atoms. The number of aromatic nitrogens is 5. The standard InChI is InChI=1S/C44H51F2N13O6S/c1-25-43(59(64)65)66-44(50-25)52-42(63)32-8-7-30(19-36(32)51-26(2)60)47-12-13-48-39(62)24-55-15-9-31(10-16-55)58-37-11-17-56(27(3)61)23-35(37)41(53-58)57-14-5-6-28-18-33(29-21-49-54(4)22-29)34(40(45)46)20-38(28)57/h7-8,18-22,31,40,47H,5-6,9-17,23-24H2,1-4H3,(H,48,62)(H,51,60)(H,50,52,63). The lowest BCUT2D eigenvalue weighted by Gasteiger charge is -2.33. The number of carbonyl (C=O) groups excluding carboxylic acids is 4. The Hall–Kier alpha value is -6.81. The normalized spacial score (nSPS) is 15.3. The molecule has 6 heterocycles. The van der Waals surface area contributed by atoms with E-state index in [9.17, 15) is 38.1 Å². The number of benzene rings is 2. The van der Waals surface area contributed by atoms with Crippen molar-refractivity contribution >= 4 is 68.0 Å². The Bertz CT molecular complexity index is 2690. The predicted molar refractivity (Wildman–Crippen MR) is 244 cm³/mol. The number of thiazole rings is 1. The van der Waals surface area contributed by atoms with Crippen molar-refractivity contribution in [2.24, 2.45) is 7.05 Å². The first-order chi connectivity index (χ1) is 31.6. The molecule has 66 heavy (non-hydrogen) atoms. The minimum absolute atomic E-state index is 0.0320. The van der Waals surface area contributed by atoms with Crippen LogP contribution in [0.4, 0.5) is 41.8 Å². The molecule has 0 unspecified atom stereocenters. The van der Waals surface area contributed by atoms with Gasteiger partial charge in [-0.3, -0.25) is 48.9 Å². The zero-order valence-electron chi connectivity index (χ0n) is 37.0. The fourth-order valence-corrected chi connectivity index (χ4v) is 9.76. The van der Waals surface area contributed by atoms with E-state index in [1.54, 1.807) is 54.1 Å². The molecule has 2 aromatic carbocycles. The van der Waals surface area contributed by atoms with Gasteiger partial charge in [0.15, 0.2) is 10.9 Å². The fraction of sp³-hybridized carbons (Fsp3) is 0.432. The summed E-state index contributed by atoms with van der Waals surface area (Å²) in [6.45, 7) is 8.07. The van der Waals surface area contributed by atoms with E-state index >= 15 is 0 Å². The smallest absolute Gasteiger partial charge is 0.348 e. The molecule has 0 atom stereocenters. The Morgan fingerprint density at radius 1 is 1.02 bits per heavy atom. The number of aryl methyl sites for hydroxylation is 3. The number of anilines is 5. The van der Waals surface area contributed by atoms with Crippen molar-refractivity contribution in [3.05, 3.63) is 86.5 Å². The number of alkyl halides is 2. The Balaban J connectivity index is 0.885. The van der Waals surface area contributed by atoms with Crippen LogP contribution in [0.1, 0.15) is 84.0 Å². The lowest BCUT2D eigenvalue weighted by atomic mass is 9.92. The molecule has 1 fully saturated rings. The molecule has 3 aromatic heterocycles. The molecular weight excluding hydrogens is 877 g/mol. The number of nitrogens with one attached hydrogen (secondary N) is 4. The van der Waals surface area contributed by atoms with Crippen LogP contribution in [0.25, 0.3) is 11.1 Å². The number of fused-ring (bicyclic) bond motifs is 2. The van der Waals surface area contributed by atoms with Crippen molar-refractivity contribution in [3.63, 3.8) is 0 Å². The number of amides is 4. The van der Waals surface area contributed by atoms with Crippen molar-refractivity contribution in [2.45, 2.75) is 71.9 Å². The summed E-state index contributed by atoms with van der Waals surface area (Å²) in [5.41, 5.74) is 5.83. The van der Waals surface area contributed by atoms with Crippen molar-refractivity contribution < 1.29 is 32.9 Å². The highest BCUT2D eigenvalue weighted by molar-refractivity contribution is 7.19. The van der Waals surface area contributed by atoms with Gasteiger partial charge in [0.2, 0.25) is 17.7 Å². The highest BCUT2D eigenvalue weighted by Crippen LogP contribution is 2.44. The van der Waals surface area contributed by atoms with Gasteiger partial charge < -0.3 is 25.8 Å². The molecule has 0 aliphatic carbocycles. The summed E-state index contributed by atoms with van der Waals surface area (Å²) < 4.78 is 33.1. The van der Waals surface area contributed by atoms with Crippen LogP contribution in [0.3, 0.4) is 0 Å². The second-order valence-corrected chi connectivity index (χ2v) is 17.7. The summed E-state index contributed by atoms with van der Waals surface area (Å²) in [4.78, 5) is 71.5. The van der Waals surface area contributed by atoms with Gasteiger partial charge in [0.05, 0.1) is 41.5 Å². The molecule has 0 spiro atoms. The van der Waals surface area contributed by atoms with Gasteiger partial charge in [-0.25, -0.2) is 13.8 Å². The number of hydrogen-bond donors (Lipinski definition) is 4. The topological polar surface area (TPSA) is 218 Å². The van der Waals surface area contributed by atoms with E-state index in [4.69, 9.17) is 5.10 Å². The summed E-state index contributed by atoms with van der Waals surface area (Å²) >= 11 is 0.737. The van der Waals surface area contributed by atoms with Crippen LogP contribution in [0.5, 0.6) is 0 Å². The van der Waals surface area contributed by atoms with Gasteiger partial charge in [-0.2, -0.15) is 10.2 Å². The Labute approximate surface area is 382 Å². The minimum atomic E-state index is -2.70. The van der Waals surface area contributed by atoms with E-state index < -0.39 is 23.2 Å². The maximum Gasteiger partial charge on any atom is 0.348 e. The van der Waals surface area contributed by atoms with Crippen molar-refractivity contribution in [3.8, 4) is 11.1 Å². The third kappa shape index (κ3) is 9.88. The number of hydrogen-bond acceptors (Lipinski definition) is 13. The molecule has 3 aliphatic heterocycles. The molecular formula is C44H51F2N13O6S. The number of nitro groups is 1. The van der Waals surface area contributed by atoms with E-state index in [0.717, 1.165) is 53.8 Å². The van der Waals surface area contributed by atoms with E-state index in [0.29, 0.717) is 80.6 Å². The number of carbonyl (C=O) groups is 4. The molecule has 19 nitrogen and oxygen atoms in total. The third-order valence-corrected chi connectivity index (χ3v) is 13.2. The van der Waals surface area contributed by atoms with Crippen molar-refractivity contribution in [1.82, 2.24) is 39.7 Å². The van der Waals surface area contributed by atoms with Gasteiger partial charge >= 0.3 is 5.00 Å². The van der Waals surface area contributed by atoms with Crippen LogP contribution in [0.15, 0.2) is 42.7 Å². The first-order valence-electron chi connectivity index (χ1n) is 21.8. The molecule has 0 radical (unpaired) electrons. The first kappa shape index (κ1) is 45.7. The molecule has 4 amide bonds. The Kier molecular flexibility index (Phi) is 13.4. The van der Waals surface area contributed by atoms with Gasteiger partial charge in [0, 0.05) is 107 Å². The molecule has 1 saturated heterocycles. The van der Waals surface area contributed by atoms with E-state index in [2.05, 4.69) is 45.8 Å². The molecule has 8 rings (SSSR count). The molecule has 0 saturated carbocycles. The van der Waals surface area contributed by atoms with Crippen LogP contribution in [0, 0.1) is 17.0 Å². The SMILES string of the molecule is CC(=O)Nc1cc(NCCNC(=O)CN2CCC(n3nc(N4CCCc5cc(-c6cnn(C)c6)c(C(F)F)cc54)c4c3CCN(C(C)=O)C4)CC2)ccc1C(=O)Nc1nc(C)c([N+](=O)[O-])s1. The van der Waals surface area contributed by atoms with Gasteiger partial charge in [-0.1, -0.05) is 0 Å². The summed E-state index contributed by atoms with van der Waals surface area (Å²) in [5.74, 6) is -0.476. The average Bonchev–Trinajstić information content (AvgIpc) is 4.00. The monoisotopic (exact) mass is 927 g/mol. The van der Waals surface area contributed by atoms with Crippen LogP contribution in [-0.2, 0) is 40.8 Å². The van der Waals surface area contributed by atoms with Crippen molar-refractivity contribution in [2.75, 3.05) is 66.7 Å². The number of halogens is 2. The lowest BCUT2D eigenvalue weighted by Crippen LogP contribution is -2.43. The van der Waals surface area contributed by atoms with Gasteiger partial charge in [0.25, 0.3) is 12.3 Å². The number of nitrogens with zero attached hydrogens (tertiary/aromatic N) is 9. The zero-order chi connectivity index (χ0) is 46.8. The van der Waals surface area contributed by atoms with E-state index in [1.165, 1.54) is 19.9 Å². The Morgan fingerprint density at radius 3 is 2.48 bits per heavy atom. The summed E-state index contributed by atoms with van der Waals surface area (Å²) in [6.07, 6.45) is 4.30. The Morgan fingerprint density at radius 2 is 1.80 bits per heavy atom. The maximum absolute atomic E-state index is 14.7. The molecule has 4 N–H and O–H groups in total. The zero-order valence-corrected chi connectivity index (χ0v) is 37.8. The highest BCUT2D eigenvalue weighted by Gasteiger charge is 2.35. The van der Waals surface area contributed by atoms with Gasteiger partial charge in [-0.05, 0) is 85.4 Å². The molecule has 3 aliphatic rings. The maximum atomic E-state index is 14.7. The third-order valence-electron chi connectivity index (χ3n) is 12.2. The van der Waals surface area contributed by atoms with Gasteiger partial charge in [0.1, 0.15) is 5.69 Å². The van der Waals surface area contributed by atoms with Crippen LogP contribution < -0.4 is 26.2 Å². The average molecular weight is 928 g/mol. The molecule has 22 heteroatoms. The summed E-state index contributed by atoms with van der Waals surface area (Å²) in [7, 11) is 1.76. The predicted octanol–water partition coefficient (Wildman–Crippen LogP) is 5.96. The molecule has 5 aromatic rings. The highest BCUT2D eigenvalue weighted by atomic mass is 32.1. The molecule has 348 valence electrons. The summed E-state index contributed by atoms with van der Waals surface area (Å²) in [6, 6.07) is 8.27. The summed E-state index contributed by atoms with van der Waals surface area (Å²) in [5, 5.41) is 31.9. The number of likely N-dealkylation sites (tertiary alicyclic amines) is 1. The lowest BCUT2D eigenvalue weighted by molar-refractivity contribution is -0.380. The van der Waals surface area contributed by atoms with Gasteiger partial charge in [-0.15, -0.1) is 0 Å². The number of rotatable bonds is 14. The van der Waals surface area contributed by atoms with E-state index in [-0.39, 0.29) is 57.0 Å². The minimum Gasteiger partial charge on any atom is -0.383 e. The van der Waals surface area contributed by atoms with E-state index in [1.807, 2.05) is 6.07 Å². The fourth-order valence-electron chi connectivity index (χ4n) is 8.99. The van der Waals surface area contributed by atoms with Crippen LogP contribution in [-0.4, -0.2) is 109 Å². The van der Waals surface area contributed by atoms with Crippen molar-refractivity contribution in [1.29, 1.82) is 0 Å². The number of piperidine rings is 1. The quantitative estimate of drug-likeness (QED) is 0.0577. The van der Waals surface area contributed by atoms with Crippen LogP contribution >= 0.6 is 11.3 Å². The second-order valence-electron chi connectivity index (χ2n) is 16.8. The first-order valence-corrected chi connectivity index (χ1v) is 22.6.